The van der Waals surface area contributed by atoms with Crippen LogP contribution in [0.25, 0.3) is 0 Å². The van der Waals surface area contributed by atoms with Crippen LogP contribution in [-0.2, 0) is 32.6 Å². The summed E-state index contributed by atoms with van der Waals surface area (Å²) in [6.45, 7) is 4.44. The molecule has 2 aromatic rings. The lowest BCUT2D eigenvalue weighted by Crippen LogP contribution is -2.55. The molecule has 0 bridgehead atoms. The Morgan fingerprint density at radius 3 is 2.54 bits per heavy atom. The highest BCUT2D eigenvalue weighted by Crippen LogP contribution is 2.25. The van der Waals surface area contributed by atoms with Crippen molar-refractivity contribution < 1.29 is 27.1 Å². The molecule has 1 aliphatic rings. The van der Waals surface area contributed by atoms with Gasteiger partial charge in [0.15, 0.2) is 12.4 Å². The van der Waals surface area contributed by atoms with E-state index in [1.165, 1.54) is 12.1 Å². The number of Topliss-reactive ketones (excluding diaryl/α,β-unsaturated/α-hetero) is 1. The first-order valence-corrected chi connectivity index (χ1v) is 13.7. The van der Waals surface area contributed by atoms with Crippen molar-refractivity contribution in [3.05, 3.63) is 63.9 Å². The first-order chi connectivity index (χ1) is 16.5. The number of ether oxygens (including phenoxy) is 1. The largest absolute Gasteiger partial charge is 0.483 e. The molecule has 1 heterocycles. The molecule has 0 aromatic heterocycles. The predicted molar refractivity (Wildman–Crippen MR) is 134 cm³/mol. The Morgan fingerprint density at radius 2 is 1.89 bits per heavy atom. The smallest absolute Gasteiger partial charge is 0.260 e. The van der Waals surface area contributed by atoms with Gasteiger partial charge in [-0.05, 0) is 42.3 Å². The average molecular weight is 570 g/mol. The number of nitrogens with zero attached hydrogens (tertiary/aromatic N) is 2. The van der Waals surface area contributed by atoms with E-state index in [0.717, 1.165) is 12.0 Å². The van der Waals surface area contributed by atoms with Crippen LogP contribution in [0, 0.1) is 5.82 Å². The highest BCUT2D eigenvalue weighted by molar-refractivity contribution is 9.10. The number of primary sulfonamides is 1. The number of carbonyl (C=O) groups excluding carboxylic acids is 2. The summed E-state index contributed by atoms with van der Waals surface area (Å²) < 4.78 is 42.1. The van der Waals surface area contributed by atoms with E-state index in [2.05, 4.69) is 20.8 Å². The number of benzene rings is 2. The van der Waals surface area contributed by atoms with Crippen molar-refractivity contribution in [2.24, 2.45) is 5.14 Å². The van der Waals surface area contributed by atoms with E-state index < -0.39 is 21.6 Å². The SMILES string of the molecule is CC[C@@H]1CN(Cc2ccc(F)cc2)CCN1C(=O)COc1ccc(Br)cc1CC(=O)CS(N)(=O)=O. The topological polar surface area (TPSA) is 110 Å². The van der Waals surface area contributed by atoms with Crippen LogP contribution < -0.4 is 9.88 Å². The van der Waals surface area contributed by atoms with E-state index in [9.17, 15) is 22.4 Å². The zero-order valence-electron chi connectivity index (χ0n) is 19.5. The number of ketones is 1. The zero-order valence-corrected chi connectivity index (χ0v) is 21.9. The number of halogens is 2. The maximum Gasteiger partial charge on any atom is 0.260 e. The van der Waals surface area contributed by atoms with Crippen molar-refractivity contribution in [1.82, 2.24) is 9.80 Å². The third-order valence-corrected chi connectivity index (χ3v) is 7.02. The van der Waals surface area contributed by atoms with Gasteiger partial charge >= 0.3 is 0 Å². The van der Waals surface area contributed by atoms with Crippen molar-refractivity contribution >= 4 is 37.6 Å². The Kier molecular flexibility index (Phi) is 9.40. The van der Waals surface area contributed by atoms with Crippen LogP contribution in [0.4, 0.5) is 4.39 Å². The van der Waals surface area contributed by atoms with Gasteiger partial charge in [-0.2, -0.15) is 0 Å². The number of hydrogen-bond donors (Lipinski definition) is 1. The van der Waals surface area contributed by atoms with Gasteiger partial charge in [0, 0.05) is 48.7 Å². The molecule has 0 spiro atoms. The molecule has 1 fully saturated rings. The fraction of sp³-hybridized carbons (Fsp3) is 0.417. The maximum absolute atomic E-state index is 13.2. The highest BCUT2D eigenvalue weighted by atomic mass is 79.9. The molecule has 11 heteroatoms. The lowest BCUT2D eigenvalue weighted by atomic mass is 10.1. The molecule has 2 N–H and O–H groups in total. The minimum atomic E-state index is -3.93. The van der Waals surface area contributed by atoms with E-state index in [4.69, 9.17) is 9.88 Å². The van der Waals surface area contributed by atoms with Gasteiger partial charge < -0.3 is 9.64 Å². The third-order valence-electron chi connectivity index (χ3n) is 5.80. The number of piperazine rings is 1. The number of nitrogens with two attached hydrogens (primary N) is 1. The number of sulfonamides is 1. The molecule has 0 radical (unpaired) electrons. The maximum atomic E-state index is 13.2. The Morgan fingerprint density at radius 1 is 1.17 bits per heavy atom. The summed E-state index contributed by atoms with van der Waals surface area (Å²) in [4.78, 5) is 29.2. The fourth-order valence-corrected chi connectivity index (χ4v) is 5.09. The van der Waals surface area contributed by atoms with Crippen LogP contribution in [0.3, 0.4) is 0 Å². The Hall–Kier alpha value is -2.34. The van der Waals surface area contributed by atoms with Gasteiger partial charge in [-0.15, -0.1) is 0 Å². The third kappa shape index (κ3) is 8.38. The van der Waals surface area contributed by atoms with Gasteiger partial charge in [0.25, 0.3) is 5.91 Å². The summed E-state index contributed by atoms with van der Waals surface area (Å²) in [7, 11) is -3.93. The van der Waals surface area contributed by atoms with Gasteiger partial charge in [-0.1, -0.05) is 35.0 Å². The summed E-state index contributed by atoms with van der Waals surface area (Å²) in [6.07, 6.45) is 0.594. The van der Waals surface area contributed by atoms with Crippen molar-refractivity contribution in [2.45, 2.75) is 32.4 Å². The molecular formula is C24H29BrFN3O5S. The minimum absolute atomic E-state index is 0.0148. The molecule has 1 atom stereocenters. The summed E-state index contributed by atoms with van der Waals surface area (Å²) in [5, 5.41) is 4.97. The molecule has 0 unspecified atom stereocenters. The van der Waals surface area contributed by atoms with Crippen LogP contribution >= 0.6 is 15.9 Å². The number of rotatable bonds is 10. The fourth-order valence-electron chi connectivity index (χ4n) is 4.13. The zero-order chi connectivity index (χ0) is 25.6. The summed E-state index contributed by atoms with van der Waals surface area (Å²) in [5.74, 6) is -1.42. The van der Waals surface area contributed by atoms with Crippen molar-refractivity contribution in [3.8, 4) is 5.75 Å². The van der Waals surface area contributed by atoms with Gasteiger partial charge in [0.2, 0.25) is 10.0 Å². The van der Waals surface area contributed by atoms with Crippen molar-refractivity contribution in [3.63, 3.8) is 0 Å². The summed E-state index contributed by atoms with van der Waals surface area (Å²) in [6, 6.07) is 11.5. The molecule has 2 aromatic carbocycles. The molecule has 1 saturated heterocycles. The first kappa shape index (κ1) is 27.3. The number of carbonyl (C=O) groups is 2. The number of amides is 1. The molecule has 190 valence electrons. The highest BCUT2D eigenvalue weighted by Gasteiger charge is 2.29. The van der Waals surface area contributed by atoms with E-state index in [-0.39, 0.29) is 30.8 Å². The van der Waals surface area contributed by atoms with E-state index in [1.54, 1.807) is 30.3 Å². The monoisotopic (exact) mass is 569 g/mol. The van der Waals surface area contributed by atoms with Crippen LogP contribution in [0.5, 0.6) is 5.75 Å². The summed E-state index contributed by atoms with van der Waals surface area (Å²) >= 11 is 3.33. The second-order valence-electron chi connectivity index (χ2n) is 8.57. The Bertz CT molecular complexity index is 1160. The molecule has 0 aliphatic carbocycles. The van der Waals surface area contributed by atoms with Crippen LogP contribution in [0.1, 0.15) is 24.5 Å². The number of hydrogen-bond acceptors (Lipinski definition) is 6. The molecule has 35 heavy (non-hydrogen) atoms. The van der Waals surface area contributed by atoms with Crippen molar-refractivity contribution in [1.29, 1.82) is 0 Å². The molecule has 8 nitrogen and oxygen atoms in total. The van der Waals surface area contributed by atoms with E-state index in [0.29, 0.717) is 42.0 Å². The lowest BCUT2D eigenvalue weighted by molar-refractivity contribution is -0.138. The molecular weight excluding hydrogens is 541 g/mol. The lowest BCUT2D eigenvalue weighted by Gasteiger charge is -2.41. The predicted octanol–water partition coefficient (Wildman–Crippen LogP) is 2.49. The normalized spacial score (nSPS) is 16.8. The van der Waals surface area contributed by atoms with Crippen LogP contribution in [-0.4, -0.2) is 67.9 Å². The van der Waals surface area contributed by atoms with Gasteiger partial charge in [-0.3, -0.25) is 14.5 Å². The van der Waals surface area contributed by atoms with Gasteiger partial charge in [0.1, 0.15) is 17.3 Å². The summed E-state index contributed by atoms with van der Waals surface area (Å²) in [5.41, 5.74) is 1.49. The first-order valence-electron chi connectivity index (χ1n) is 11.2. The molecule has 0 saturated carbocycles. The van der Waals surface area contributed by atoms with Crippen molar-refractivity contribution in [2.75, 3.05) is 32.0 Å². The van der Waals surface area contributed by atoms with E-state index in [1.807, 2.05) is 11.8 Å². The second kappa shape index (κ2) is 12.1. The van der Waals surface area contributed by atoms with E-state index >= 15 is 0 Å². The second-order valence-corrected chi connectivity index (χ2v) is 11.1. The minimum Gasteiger partial charge on any atom is -0.483 e. The van der Waals surface area contributed by atoms with Crippen LogP contribution in [0.15, 0.2) is 46.9 Å². The average Bonchev–Trinajstić information content (AvgIpc) is 2.78. The molecule has 1 aliphatic heterocycles. The Balaban J connectivity index is 1.60. The van der Waals surface area contributed by atoms with Gasteiger partial charge in [-0.25, -0.2) is 17.9 Å². The van der Waals surface area contributed by atoms with Gasteiger partial charge in [0.05, 0.1) is 0 Å². The molecule has 3 rings (SSSR count). The standard InChI is InChI=1S/C24H29BrFN3O5S/c1-2-21-14-28(13-17-3-6-20(26)7-4-17)9-10-29(21)24(31)15-34-23-8-5-19(25)11-18(23)12-22(30)16-35(27,32)33/h3-8,11,21H,2,9-10,12-16H2,1H3,(H2,27,32,33)/t21-/m1/s1. The van der Waals surface area contributed by atoms with Crippen LogP contribution in [0.2, 0.25) is 0 Å². The Labute approximate surface area is 213 Å². The quantitative estimate of drug-likeness (QED) is 0.470. The molecule has 1 amide bonds.